The minimum Gasteiger partial charge on any atom is -0.467 e. The molecule has 2 unspecified atom stereocenters. The number of benzene rings is 1. The molecule has 3 fully saturated rings. The number of ether oxygens (including phenoxy) is 1. The van der Waals surface area contributed by atoms with Crippen molar-refractivity contribution in [1.29, 1.82) is 0 Å². The average Bonchev–Trinajstić information content (AvgIpc) is 3.69. The van der Waals surface area contributed by atoms with E-state index < -0.39 is 24.1 Å². The third kappa shape index (κ3) is 7.77. The third-order valence-electron chi connectivity index (χ3n) is 8.93. The number of para-hydroxylation sites is 1. The summed E-state index contributed by atoms with van der Waals surface area (Å²) in [6, 6.07) is 9.07. The number of nitrogens with zero attached hydrogens (tertiary/aromatic N) is 4. The van der Waals surface area contributed by atoms with Crippen molar-refractivity contribution >= 4 is 29.7 Å². The summed E-state index contributed by atoms with van der Waals surface area (Å²) in [6.45, 7) is 4.54. The molecule has 4 N–H and O–H groups in total. The summed E-state index contributed by atoms with van der Waals surface area (Å²) < 4.78 is 7.38. The van der Waals surface area contributed by atoms with Crippen LogP contribution in [-0.4, -0.2) is 105 Å². The predicted molar refractivity (Wildman–Crippen MR) is 166 cm³/mol. The lowest BCUT2D eigenvalue weighted by Crippen LogP contribution is -2.54. The Morgan fingerprint density at radius 3 is 2.26 bits per heavy atom. The Kier molecular flexibility index (Phi) is 10.4. The predicted octanol–water partition coefficient (Wildman–Crippen LogP) is 1.92. The van der Waals surface area contributed by atoms with Crippen LogP contribution in [0.25, 0.3) is 5.69 Å². The van der Waals surface area contributed by atoms with Gasteiger partial charge in [0.2, 0.25) is 17.7 Å². The van der Waals surface area contributed by atoms with Crippen molar-refractivity contribution in [3.8, 4) is 11.6 Å². The van der Waals surface area contributed by atoms with Crippen molar-refractivity contribution in [2.75, 3.05) is 26.2 Å². The van der Waals surface area contributed by atoms with Gasteiger partial charge in [-0.15, -0.1) is 0 Å². The van der Waals surface area contributed by atoms with Crippen LogP contribution in [-0.2, 0) is 14.4 Å². The van der Waals surface area contributed by atoms with E-state index in [1.807, 2.05) is 32.0 Å². The fraction of sp³-hybridized carbons (Fsp3) is 0.562. The van der Waals surface area contributed by atoms with Gasteiger partial charge in [-0.05, 0) is 63.0 Å². The highest BCUT2D eigenvalue weighted by molar-refractivity contribution is 5.96. The molecule has 0 radical (unpaired) electrons. The normalized spacial score (nSPS) is 19.3. The number of piperidine rings is 1. The van der Waals surface area contributed by atoms with Crippen LogP contribution in [0.5, 0.6) is 5.88 Å². The van der Waals surface area contributed by atoms with Gasteiger partial charge in [-0.25, -0.2) is 9.48 Å². The molecule has 3 heterocycles. The second kappa shape index (κ2) is 14.6. The van der Waals surface area contributed by atoms with Gasteiger partial charge in [0, 0.05) is 37.8 Å². The van der Waals surface area contributed by atoms with Gasteiger partial charge >= 0.3 is 6.09 Å². The minimum absolute atomic E-state index is 0.00745. The molecule has 46 heavy (non-hydrogen) atoms. The smallest absolute Gasteiger partial charge is 0.404 e. The van der Waals surface area contributed by atoms with Crippen LogP contribution in [0.2, 0.25) is 0 Å². The van der Waals surface area contributed by atoms with Crippen molar-refractivity contribution in [3.63, 3.8) is 0 Å². The van der Waals surface area contributed by atoms with Gasteiger partial charge in [0.15, 0.2) is 12.3 Å². The van der Waals surface area contributed by atoms with Gasteiger partial charge in [0.25, 0.3) is 11.8 Å². The van der Waals surface area contributed by atoms with Crippen molar-refractivity contribution in [2.45, 2.75) is 83.0 Å². The third-order valence-corrected chi connectivity index (χ3v) is 8.93. The Labute approximate surface area is 267 Å². The van der Waals surface area contributed by atoms with Gasteiger partial charge < -0.3 is 35.6 Å². The van der Waals surface area contributed by atoms with Crippen LogP contribution < -0.4 is 20.7 Å². The van der Waals surface area contributed by atoms with E-state index in [2.05, 4.69) is 21.0 Å². The van der Waals surface area contributed by atoms with Crippen molar-refractivity contribution in [3.05, 3.63) is 42.1 Å². The maximum Gasteiger partial charge on any atom is 0.404 e. The van der Waals surface area contributed by atoms with E-state index in [-0.39, 0.29) is 53.9 Å². The molecule has 5 rings (SSSR count). The summed E-state index contributed by atoms with van der Waals surface area (Å²) in [5.74, 6) is -1.34. The Hall–Kier alpha value is -4.62. The van der Waals surface area contributed by atoms with Gasteiger partial charge in [-0.2, -0.15) is 5.10 Å². The molecule has 0 spiro atoms. The van der Waals surface area contributed by atoms with E-state index in [1.165, 1.54) is 10.7 Å². The molecular formula is C32H43N7O7. The zero-order valence-electron chi connectivity index (χ0n) is 26.3. The van der Waals surface area contributed by atoms with E-state index in [1.54, 1.807) is 21.9 Å². The number of carboxylic acid groups (broad SMARTS) is 1. The average molecular weight is 638 g/mol. The molecule has 2 aromatic rings. The van der Waals surface area contributed by atoms with Gasteiger partial charge in [0.05, 0.1) is 5.69 Å². The fourth-order valence-corrected chi connectivity index (χ4v) is 6.08. The summed E-state index contributed by atoms with van der Waals surface area (Å²) >= 11 is 0. The zero-order valence-corrected chi connectivity index (χ0v) is 26.3. The lowest BCUT2D eigenvalue weighted by atomic mass is 9.93. The largest absolute Gasteiger partial charge is 0.467 e. The van der Waals surface area contributed by atoms with Gasteiger partial charge in [0.1, 0.15) is 12.1 Å². The number of hydrogen-bond acceptors (Lipinski definition) is 7. The van der Waals surface area contributed by atoms with Crippen LogP contribution in [0.15, 0.2) is 36.4 Å². The zero-order chi connectivity index (χ0) is 32.8. The summed E-state index contributed by atoms with van der Waals surface area (Å²) in [6.07, 6.45) is 4.24. The van der Waals surface area contributed by atoms with Crippen molar-refractivity contribution < 1.29 is 33.8 Å². The summed E-state index contributed by atoms with van der Waals surface area (Å²) in [7, 11) is 0. The molecule has 0 bridgehead atoms. The first-order valence-electron chi connectivity index (χ1n) is 16.1. The molecule has 2 aliphatic heterocycles. The van der Waals surface area contributed by atoms with E-state index in [4.69, 9.17) is 9.84 Å². The Morgan fingerprint density at radius 1 is 0.935 bits per heavy atom. The van der Waals surface area contributed by atoms with Crippen LogP contribution in [0.3, 0.4) is 0 Å². The molecule has 1 aromatic carbocycles. The molecule has 1 aliphatic carbocycles. The molecular weight excluding hydrogens is 594 g/mol. The monoisotopic (exact) mass is 637 g/mol. The molecule has 1 saturated carbocycles. The molecule has 14 heteroatoms. The van der Waals surface area contributed by atoms with E-state index in [0.29, 0.717) is 44.6 Å². The first-order valence-corrected chi connectivity index (χ1v) is 16.1. The molecule has 1 aromatic heterocycles. The Balaban J connectivity index is 1.26. The number of nitrogens with one attached hydrogen (secondary N) is 3. The number of carbonyl (C=O) groups excluding carboxylic acids is 4. The quantitative estimate of drug-likeness (QED) is 0.289. The van der Waals surface area contributed by atoms with Gasteiger partial charge in [-0.1, -0.05) is 32.0 Å². The lowest BCUT2D eigenvalue weighted by molar-refractivity contribution is -0.140. The number of hydrogen-bond donors (Lipinski definition) is 4. The van der Waals surface area contributed by atoms with Crippen LogP contribution in [0, 0.1) is 5.92 Å². The van der Waals surface area contributed by atoms with Crippen molar-refractivity contribution in [2.24, 2.45) is 5.92 Å². The van der Waals surface area contributed by atoms with E-state index in [0.717, 1.165) is 25.7 Å². The molecule has 14 nitrogen and oxygen atoms in total. The lowest BCUT2D eigenvalue weighted by Gasteiger charge is -2.35. The fourth-order valence-electron chi connectivity index (χ4n) is 6.08. The number of aromatic nitrogens is 2. The van der Waals surface area contributed by atoms with E-state index in [9.17, 15) is 24.0 Å². The topological polar surface area (TPSA) is 175 Å². The molecule has 3 aliphatic rings. The van der Waals surface area contributed by atoms with Crippen LogP contribution >= 0.6 is 0 Å². The first-order chi connectivity index (χ1) is 22.1. The maximum atomic E-state index is 13.5. The van der Waals surface area contributed by atoms with Gasteiger partial charge in [-0.3, -0.25) is 19.2 Å². The van der Waals surface area contributed by atoms with Crippen LogP contribution in [0.1, 0.15) is 69.3 Å². The Morgan fingerprint density at radius 2 is 1.63 bits per heavy atom. The molecule has 2 atom stereocenters. The highest BCUT2D eigenvalue weighted by Gasteiger charge is 2.36. The summed E-state index contributed by atoms with van der Waals surface area (Å²) in [5.41, 5.74) is 0.616. The summed E-state index contributed by atoms with van der Waals surface area (Å²) in [5, 5.41) is 21.8. The number of amides is 5. The maximum absolute atomic E-state index is 13.5. The van der Waals surface area contributed by atoms with Crippen LogP contribution in [0.4, 0.5) is 4.79 Å². The highest BCUT2D eigenvalue weighted by atomic mass is 16.5. The van der Waals surface area contributed by atoms with E-state index >= 15 is 0 Å². The number of carbonyl (C=O) groups is 5. The molecule has 248 valence electrons. The second-order valence-corrected chi connectivity index (χ2v) is 12.5. The van der Waals surface area contributed by atoms with Crippen molar-refractivity contribution in [1.82, 2.24) is 35.5 Å². The summed E-state index contributed by atoms with van der Waals surface area (Å²) in [4.78, 5) is 67.2. The highest BCUT2D eigenvalue weighted by Crippen LogP contribution is 2.24. The minimum atomic E-state index is -1.09. The second-order valence-electron chi connectivity index (χ2n) is 12.5. The molecule has 5 amide bonds. The SMILES string of the molecule is CC(C)C(NC(=O)c1cc(OCC(=O)N2CCCC2C(=O)NC2CCC2)n(-c2ccccc2)n1)C(=O)N1CCC(NC(=O)O)CC1. The number of likely N-dealkylation sites (tertiary alicyclic amines) is 2. The molecule has 2 saturated heterocycles. The standard InChI is InChI=1S/C32H43N7O7/c1-20(2)28(31(43)37-16-13-22(14-17-37)34-32(44)45)35-29(41)24-18-27(39(36-24)23-10-4-3-5-11-23)46-19-26(40)38-15-7-12-25(38)30(42)33-21-8-6-9-21/h3-5,10-11,18,20-22,25,28,34H,6-9,12-17,19H2,1-2H3,(H,33,42)(H,35,41)(H,44,45). The first kappa shape index (κ1) is 32.8. The number of rotatable bonds is 11. The Bertz CT molecular complexity index is 1420.